The number of anilines is 1. The Hall–Kier alpha value is -2.24. The lowest BCUT2D eigenvalue weighted by molar-refractivity contribution is 0.332. The van der Waals surface area contributed by atoms with Crippen LogP contribution in [0.5, 0.6) is 0 Å². The molecule has 0 radical (unpaired) electrons. The first-order valence-electron chi connectivity index (χ1n) is 7.42. The molecule has 0 N–H and O–H groups in total. The molecular weight excluding hydrogens is 266 g/mol. The van der Waals surface area contributed by atoms with Gasteiger partial charge in [0.05, 0.1) is 12.2 Å². The zero-order chi connectivity index (χ0) is 14.2. The summed E-state index contributed by atoms with van der Waals surface area (Å²) in [5.74, 6) is 1.42. The summed E-state index contributed by atoms with van der Waals surface area (Å²) in [4.78, 5) is 13.9. The number of aromatic nitrogens is 4. The highest BCUT2D eigenvalue weighted by atomic mass is 16.1. The number of rotatable bonds is 3. The van der Waals surface area contributed by atoms with E-state index in [-0.39, 0.29) is 5.56 Å². The van der Waals surface area contributed by atoms with Crippen molar-refractivity contribution in [1.82, 2.24) is 20.0 Å². The second-order valence-electron chi connectivity index (χ2n) is 5.84. The van der Waals surface area contributed by atoms with Crippen molar-refractivity contribution in [2.24, 2.45) is 5.92 Å². The predicted octanol–water partition coefficient (Wildman–Crippen LogP) is 0.658. The molecule has 1 aliphatic heterocycles. The van der Waals surface area contributed by atoms with Gasteiger partial charge in [-0.3, -0.25) is 4.79 Å². The normalized spacial score (nSPS) is 17.6. The molecule has 6 heteroatoms. The van der Waals surface area contributed by atoms with E-state index in [1.54, 1.807) is 18.3 Å². The van der Waals surface area contributed by atoms with E-state index in [1.165, 1.54) is 16.7 Å². The Morgan fingerprint density at radius 1 is 1.24 bits per heavy atom. The van der Waals surface area contributed by atoms with E-state index < -0.39 is 0 Å². The summed E-state index contributed by atoms with van der Waals surface area (Å²) in [6, 6.07) is 5.40. The van der Waals surface area contributed by atoms with Gasteiger partial charge in [-0.15, -0.1) is 5.10 Å². The monoisotopic (exact) mass is 283 g/mol. The van der Waals surface area contributed by atoms with Crippen LogP contribution in [-0.4, -0.2) is 33.1 Å². The highest BCUT2D eigenvalue weighted by Crippen LogP contribution is 2.27. The van der Waals surface area contributed by atoms with Crippen LogP contribution >= 0.6 is 0 Å². The van der Waals surface area contributed by atoms with E-state index in [0.29, 0.717) is 12.5 Å². The van der Waals surface area contributed by atoms with Crippen molar-refractivity contribution < 1.29 is 0 Å². The standard InChI is InChI=1S/C15H17N5O/c21-15-5-2-6-16-20(15)10-11-8-19(9-11)14-7-12-3-1-4-13(12)17-18-14/h2,5-7,11H,1,3-4,8-10H2. The maximum Gasteiger partial charge on any atom is 0.266 e. The molecule has 0 aromatic carbocycles. The average molecular weight is 283 g/mol. The minimum atomic E-state index is -0.0340. The Kier molecular flexibility index (Phi) is 2.94. The fourth-order valence-electron chi connectivity index (χ4n) is 3.11. The Morgan fingerprint density at radius 2 is 2.14 bits per heavy atom. The molecule has 4 rings (SSSR count). The lowest BCUT2D eigenvalue weighted by Gasteiger charge is -2.39. The molecule has 0 atom stereocenters. The second kappa shape index (κ2) is 4.95. The molecule has 3 heterocycles. The molecule has 21 heavy (non-hydrogen) atoms. The molecule has 0 amide bonds. The number of fused-ring (bicyclic) bond motifs is 1. The van der Waals surface area contributed by atoms with Gasteiger partial charge in [-0.2, -0.15) is 10.2 Å². The fraction of sp³-hybridized carbons (Fsp3) is 0.467. The third kappa shape index (κ3) is 2.30. The Bertz CT molecular complexity index is 720. The lowest BCUT2D eigenvalue weighted by atomic mass is 10.00. The zero-order valence-corrected chi connectivity index (χ0v) is 11.8. The smallest absolute Gasteiger partial charge is 0.266 e. The molecule has 0 saturated carbocycles. The van der Waals surface area contributed by atoms with E-state index in [9.17, 15) is 4.79 Å². The van der Waals surface area contributed by atoms with E-state index in [4.69, 9.17) is 0 Å². The summed E-state index contributed by atoms with van der Waals surface area (Å²) in [5, 5.41) is 12.8. The Labute approximate surface area is 122 Å². The van der Waals surface area contributed by atoms with Gasteiger partial charge < -0.3 is 4.90 Å². The molecule has 2 aromatic rings. The van der Waals surface area contributed by atoms with Crippen molar-refractivity contribution >= 4 is 5.82 Å². The predicted molar refractivity (Wildman–Crippen MR) is 78.3 cm³/mol. The van der Waals surface area contributed by atoms with Crippen molar-refractivity contribution in [3.05, 3.63) is 46.0 Å². The Balaban J connectivity index is 1.41. The number of aryl methyl sites for hydroxylation is 2. The van der Waals surface area contributed by atoms with Crippen LogP contribution in [0.1, 0.15) is 17.7 Å². The molecule has 2 aromatic heterocycles. The first-order valence-corrected chi connectivity index (χ1v) is 7.42. The van der Waals surface area contributed by atoms with E-state index >= 15 is 0 Å². The molecule has 108 valence electrons. The molecule has 0 unspecified atom stereocenters. The summed E-state index contributed by atoms with van der Waals surface area (Å²) in [6.45, 7) is 2.50. The lowest BCUT2D eigenvalue weighted by Crippen LogP contribution is -2.50. The Morgan fingerprint density at radius 3 is 3.00 bits per heavy atom. The van der Waals surface area contributed by atoms with Gasteiger partial charge >= 0.3 is 0 Å². The van der Waals surface area contributed by atoms with Gasteiger partial charge in [0.15, 0.2) is 5.82 Å². The minimum absolute atomic E-state index is 0.0340. The number of hydrogen-bond acceptors (Lipinski definition) is 5. The molecule has 1 aliphatic carbocycles. The van der Waals surface area contributed by atoms with Crippen LogP contribution in [0.3, 0.4) is 0 Å². The van der Waals surface area contributed by atoms with Crippen molar-refractivity contribution in [3.63, 3.8) is 0 Å². The minimum Gasteiger partial charge on any atom is -0.354 e. The molecule has 0 bridgehead atoms. The van der Waals surface area contributed by atoms with Crippen molar-refractivity contribution in [3.8, 4) is 0 Å². The van der Waals surface area contributed by atoms with Gasteiger partial charge in [-0.25, -0.2) is 4.68 Å². The molecule has 1 fully saturated rings. The quantitative estimate of drug-likeness (QED) is 0.828. The van der Waals surface area contributed by atoms with E-state index in [1.807, 2.05) is 0 Å². The maximum atomic E-state index is 11.6. The van der Waals surface area contributed by atoms with Crippen LogP contribution in [0.4, 0.5) is 5.82 Å². The van der Waals surface area contributed by atoms with Crippen LogP contribution in [0.15, 0.2) is 29.2 Å². The first-order chi connectivity index (χ1) is 10.3. The molecule has 2 aliphatic rings. The maximum absolute atomic E-state index is 11.6. The summed E-state index contributed by atoms with van der Waals surface area (Å²) in [5.41, 5.74) is 2.48. The van der Waals surface area contributed by atoms with Gasteiger partial charge in [-0.1, -0.05) is 0 Å². The second-order valence-corrected chi connectivity index (χ2v) is 5.84. The van der Waals surface area contributed by atoms with E-state index in [2.05, 4.69) is 26.3 Å². The third-order valence-electron chi connectivity index (χ3n) is 4.30. The number of nitrogens with zero attached hydrogens (tertiary/aromatic N) is 5. The van der Waals surface area contributed by atoms with Gasteiger partial charge in [0.2, 0.25) is 0 Å². The highest BCUT2D eigenvalue weighted by molar-refractivity contribution is 5.45. The SMILES string of the molecule is O=c1cccnn1CC1CN(c2cc3c(nn2)CCC3)C1. The van der Waals surface area contributed by atoms with Gasteiger partial charge in [0.25, 0.3) is 5.56 Å². The van der Waals surface area contributed by atoms with Crippen molar-refractivity contribution in [2.75, 3.05) is 18.0 Å². The first kappa shape index (κ1) is 12.5. The summed E-state index contributed by atoms with van der Waals surface area (Å²) >= 11 is 0. The van der Waals surface area contributed by atoms with Gasteiger partial charge in [0.1, 0.15) is 0 Å². The summed E-state index contributed by atoms with van der Waals surface area (Å²) in [6.07, 6.45) is 5.04. The zero-order valence-electron chi connectivity index (χ0n) is 11.8. The molecular formula is C15H17N5O. The summed E-state index contributed by atoms with van der Waals surface area (Å²) in [7, 11) is 0. The van der Waals surface area contributed by atoms with Crippen LogP contribution in [0, 0.1) is 5.92 Å². The average Bonchev–Trinajstić information content (AvgIpc) is 2.91. The molecule has 0 spiro atoms. The fourth-order valence-corrected chi connectivity index (χ4v) is 3.11. The van der Waals surface area contributed by atoms with Crippen LogP contribution in [0.2, 0.25) is 0 Å². The van der Waals surface area contributed by atoms with Gasteiger partial charge in [0, 0.05) is 31.3 Å². The third-order valence-corrected chi connectivity index (χ3v) is 4.30. The van der Waals surface area contributed by atoms with Gasteiger partial charge in [-0.05, 0) is 37.0 Å². The largest absolute Gasteiger partial charge is 0.354 e. The number of hydrogen-bond donors (Lipinski definition) is 0. The topological polar surface area (TPSA) is 63.9 Å². The van der Waals surface area contributed by atoms with Crippen LogP contribution in [-0.2, 0) is 19.4 Å². The van der Waals surface area contributed by atoms with E-state index in [0.717, 1.165) is 37.4 Å². The van der Waals surface area contributed by atoms with Crippen molar-refractivity contribution in [2.45, 2.75) is 25.8 Å². The van der Waals surface area contributed by atoms with Crippen LogP contribution in [0.25, 0.3) is 0 Å². The highest BCUT2D eigenvalue weighted by Gasteiger charge is 2.29. The molecule has 6 nitrogen and oxygen atoms in total. The van der Waals surface area contributed by atoms with Crippen molar-refractivity contribution in [1.29, 1.82) is 0 Å². The van der Waals surface area contributed by atoms with Crippen LogP contribution < -0.4 is 10.5 Å². The summed E-state index contributed by atoms with van der Waals surface area (Å²) < 4.78 is 1.54. The molecule has 1 saturated heterocycles.